The summed E-state index contributed by atoms with van der Waals surface area (Å²) in [6.45, 7) is 7.13. The van der Waals surface area contributed by atoms with Crippen molar-refractivity contribution in [1.29, 1.82) is 0 Å². The summed E-state index contributed by atoms with van der Waals surface area (Å²) in [6.07, 6.45) is 2.82. The fraction of sp³-hybridized carbons (Fsp3) is 0.409. The molecule has 0 heterocycles. The Balaban J connectivity index is 0.000000370. The Labute approximate surface area is 152 Å². The van der Waals surface area contributed by atoms with Crippen molar-refractivity contribution in [3.63, 3.8) is 0 Å². The van der Waals surface area contributed by atoms with E-state index in [1.54, 1.807) is 0 Å². The largest absolute Gasteiger partial charge is 0.396 e. The predicted octanol–water partition coefficient (Wildman–Crippen LogP) is 4.38. The summed E-state index contributed by atoms with van der Waals surface area (Å²) in [7, 11) is 0. The molecule has 1 unspecified atom stereocenters. The quantitative estimate of drug-likeness (QED) is 0.734. The van der Waals surface area contributed by atoms with Crippen LogP contribution in [0.25, 0.3) is 0 Å². The van der Waals surface area contributed by atoms with E-state index in [-0.39, 0.29) is 12.5 Å². The van der Waals surface area contributed by atoms with Crippen LogP contribution in [-0.4, -0.2) is 24.2 Å². The van der Waals surface area contributed by atoms with Gasteiger partial charge in [0.2, 0.25) is 0 Å². The molecule has 0 spiro atoms. The minimum atomic E-state index is -0.0708. The van der Waals surface area contributed by atoms with E-state index in [9.17, 15) is 4.79 Å². The molecule has 3 nitrogen and oxygen atoms in total. The first-order chi connectivity index (χ1) is 12.1. The molecule has 2 aromatic carbocycles. The summed E-state index contributed by atoms with van der Waals surface area (Å²) in [6, 6.07) is 18.0. The molecule has 2 N–H and O–H groups in total. The maximum Gasteiger partial charge on any atom is 0.251 e. The normalized spacial score (nSPS) is 11.2. The molecule has 0 aliphatic rings. The van der Waals surface area contributed by atoms with Gasteiger partial charge < -0.3 is 10.4 Å². The van der Waals surface area contributed by atoms with Crippen molar-refractivity contribution in [3.05, 3.63) is 71.3 Å². The lowest BCUT2D eigenvalue weighted by Crippen LogP contribution is -2.24. The molecular weight excluding hydrogens is 310 g/mol. The van der Waals surface area contributed by atoms with Gasteiger partial charge in [0.15, 0.2) is 0 Å². The fourth-order valence-corrected chi connectivity index (χ4v) is 2.26. The van der Waals surface area contributed by atoms with E-state index in [2.05, 4.69) is 38.2 Å². The first-order valence-corrected chi connectivity index (χ1v) is 9.06. The van der Waals surface area contributed by atoms with Crippen molar-refractivity contribution >= 4 is 5.91 Å². The summed E-state index contributed by atoms with van der Waals surface area (Å²) < 4.78 is 0. The number of aliphatic hydroxyl groups is 1. The third-order valence-corrected chi connectivity index (χ3v) is 4.06. The second-order valence-corrected chi connectivity index (χ2v) is 6.40. The topological polar surface area (TPSA) is 49.3 Å². The highest BCUT2D eigenvalue weighted by atomic mass is 16.3. The average Bonchev–Trinajstić information content (AvgIpc) is 2.63. The van der Waals surface area contributed by atoms with Crippen LogP contribution in [0.2, 0.25) is 0 Å². The Kier molecular flexibility index (Phi) is 10.3. The van der Waals surface area contributed by atoms with Gasteiger partial charge in [-0.05, 0) is 43.4 Å². The van der Waals surface area contributed by atoms with E-state index in [0.717, 1.165) is 6.42 Å². The molecule has 0 fully saturated rings. The van der Waals surface area contributed by atoms with Gasteiger partial charge in [-0.1, -0.05) is 68.3 Å². The molecule has 0 aromatic heterocycles. The van der Waals surface area contributed by atoms with Gasteiger partial charge >= 0.3 is 0 Å². The van der Waals surface area contributed by atoms with Gasteiger partial charge in [0.1, 0.15) is 0 Å². The minimum Gasteiger partial charge on any atom is -0.396 e. The highest BCUT2D eigenvalue weighted by molar-refractivity contribution is 5.94. The standard InChI is InChI=1S/C15H23NO2.C7H8/c1-3-12(2)11-13-5-7-14(8-6-13)15(18)16-9-4-10-17;1-7-5-3-2-4-6-7/h5-8,12,17H,3-4,9-11H2,1-2H3,(H,16,18);2-6H,1H3. The van der Waals surface area contributed by atoms with Crippen molar-refractivity contribution in [2.45, 2.75) is 40.0 Å². The number of hydrogen-bond donors (Lipinski definition) is 2. The van der Waals surface area contributed by atoms with E-state index in [1.807, 2.05) is 42.5 Å². The van der Waals surface area contributed by atoms with E-state index in [4.69, 9.17) is 5.11 Å². The molecule has 136 valence electrons. The monoisotopic (exact) mass is 341 g/mol. The molecule has 0 radical (unpaired) electrons. The number of carbonyl (C=O) groups excluding carboxylic acids is 1. The second kappa shape index (κ2) is 12.3. The average molecular weight is 341 g/mol. The first-order valence-electron chi connectivity index (χ1n) is 9.06. The van der Waals surface area contributed by atoms with Crippen LogP contribution in [0.5, 0.6) is 0 Å². The van der Waals surface area contributed by atoms with Gasteiger partial charge in [-0.15, -0.1) is 0 Å². The summed E-state index contributed by atoms with van der Waals surface area (Å²) in [5.41, 5.74) is 3.28. The number of aryl methyl sites for hydroxylation is 1. The smallest absolute Gasteiger partial charge is 0.251 e. The minimum absolute atomic E-state index is 0.0708. The Hall–Kier alpha value is -2.13. The third kappa shape index (κ3) is 9.06. The Morgan fingerprint density at radius 2 is 1.72 bits per heavy atom. The molecule has 3 heteroatoms. The molecule has 1 atom stereocenters. The Bertz CT molecular complexity index is 593. The lowest BCUT2D eigenvalue weighted by Gasteiger charge is -2.09. The van der Waals surface area contributed by atoms with Gasteiger partial charge in [0.05, 0.1) is 0 Å². The van der Waals surface area contributed by atoms with E-state index in [1.165, 1.54) is 17.5 Å². The fourth-order valence-electron chi connectivity index (χ4n) is 2.26. The number of aliphatic hydroxyl groups excluding tert-OH is 1. The summed E-state index contributed by atoms with van der Waals surface area (Å²) in [4.78, 5) is 11.7. The molecule has 2 aromatic rings. The summed E-state index contributed by atoms with van der Waals surface area (Å²) in [5.74, 6) is 0.604. The number of benzene rings is 2. The van der Waals surface area contributed by atoms with Crippen LogP contribution in [0.3, 0.4) is 0 Å². The van der Waals surface area contributed by atoms with Crippen LogP contribution in [0.15, 0.2) is 54.6 Å². The zero-order valence-corrected chi connectivity index (χ0v) is 15.7. The number of rotatable bonds is 7. The highest BCUT2D eigenvalue weighted by Crippen LogP contribution is 2.12. The van der Waals surface area contributed by atoms with Gasteiger partial charge in [-0.25, -0.2) is 0 Å². The van der Waals surface area contributed by atoms with E-state index in [0.29, 0.717) is 24.4 Å². The summed E-state index contributed by atoms with van der Waals surface area (Å²) >= 11 is 0. The van der Waals surface area contributed by atoms with E-state index < -0.39 is 0 Å². The number of carbonyl (C=O) groups is 1. The van der Waals surface area contributed by atoms with Crippen LogP contribution in [0.4, 0.5) is 0 Å². The van der Waals surface area contributed by atoms with Gasteiger partial charge in [0, 0.05) is 18.7 Å². The maximum atomic E-state index is 11.7. The molecular formula is C22H31NO2. The molecule has 25 heavy (non-hydrogen) atoms. The van der Waals surface area contributed by atoms with Crippen LogP contribution < -0.4 is 5.32 Å². The molecule has 0 saturated heterocycles. The summed E-state index contributed by atoms with van der Waals surface area (Å²) in [5, 5.41) is 11.4. The number of hydrogen-bond acceptors (Lipinski definition) is 2. The maximum absolute atomic E-state index is 11.7. The zero-order valence-electron chi connectivity index (χ0n) is 15.7. The van der Waals surface area contributed by atoms with Crippen LogP contribution in [-0.2, 0) is 6.42 Å². The van der Waals surface area contributed by atoms with Crippen molar-refractivity contribution in [2.75, 3.05) is 13.2 Å². The number of amides is 1. The highest BCUT2D eigenvalue weighted by Gasteiger charge is 2.05. The van der Waals surface area contributed by atoms with Gasteiger partial charge in [0.25, 0.3) is 5.91 Å². The third-order valence-electron chi connectivity index (χ3n) is 4.06. The Morgan fingerprint density at radius 1 is 1.08 bits per heavy atom. The van der Waals surface area contributed by atoms with Crippen LogP contribution in [0.1, 0.15) is 48.2 Å². The van der Waals surface area contributed by atoms with Gasteiger partial charge in [-0.3, -0.25) is 4.79 Å². The first kappa shape index (κ1) is 20.9. The van der Waals surface area contributed by atoms with Crippen molar-refractivity contribution < 1.29 is 9.90 Å². The van der Waals surface area contributed by atoms with Crippen molar-refractivity contribution in [2.24, 2.45) is 5.92 Å². The van der Waals surface area contributed by atoms with Crippen LogP contribution >= 0.6 is 0 Å². The van der Waals surface area contributed by atoms with Gasteiger partial charge in [-0.2, -0.15) is 0 Å². The second-order valence-electron chi connectivity index (χ2n) is 6.40. The Morgan fingerprint density at radius 3 is 2.20 bits per heavy atom. The van der Waals surface area contributed by atoms with E-state index >= 15 is 0 Å². The molecule has 0 aliphatic carbocycles. The molecule has 2 rings (SSSR count). The molecule has 0 saturated carbocycles. The molecule has 0 bridgehead atoms. The lowest BCUT2D eigenvalue weighted by atomic mass is 9.98. The molecule has 1 amide bonds. The predicted molar refractivity (Wildman–Crippen MR) is 105 cm³/mol. The van der Waals surface area contributed by atoms with Crippen LogP contribution in [0, 0.1) is 12.8 Å². The van der Waals surface area contributed by atoms with Crippen molar-refractivity contribution in [3.8, 4) is 0 Å². The van der Waals surface area contributed by atoms with Crippen molar-refractivity contribution in [1.82, 2.24) is 5.32 Å². The number of nitrogens with one attached hydrogen (secondary N) is 1. The molecule has 0 aliphatic heterocycles. The zero-order chi connectivity index (χ0) is 18.5. The lowest BCUT2D eigenvalue weighted by molar-refractivity contribution is 0.0951. The SMILES string of the molecule is CCC(C)Cc1ccc(C(=O)NCCCO)cc1.Cc1ccccc1.